The third-order valence-electron chi connectivity index (χ3n) is 13.6. The summed E-state index contributed by atoms with van der Waals surface area (Å²) in [7, 11) is 0. The molecule has 28 N–H and O–H groups in total. The van der Waals surface area contributed by atoms with E-state index in [-0.39, 0.29) is 82.4 Å². The first-order valence-electron chi connectivity index (χ1n) is 28.9. The molecule has 11 amide bonds. The number of para-hydroxylation sites is 1. The summed E-state index contributed by atoms with van der Waals surface area (Å²) in [6.45, 7) is 5.02. The Hall–Kier alpha value is -9.36. The molecule has 0 spiro atoms. The molecule has 91 heavy (non-hydrogen) atoms. The van der Waals surface area contributed by atoms with Gasteiger partial charge < -0.3 is 114 Å². The highest BCUT2D eigenvalue weighted by atomic mass is 32.1. The standard InChI is InChI=1S/C54H88N20O16S/c1-25(2)41(57)50(87)66-26(3)43(80)70-34(19-28-22-64-30-12-6-5-11-29(28)30)47(84)68-32(14-9-17-62-53(58)59)45(82)71-35(20-38(56)76)48(85)69-33(15-10-18-63-54(60)61)46(83)73-37(24-91)49(86)67-31(13-7-8-16-55)44(81)65-23-39(77)74-42(27(4)75)51(88)72-36(52(89)90)21-40(78)79/h5-6,11-12,22,25-27,31-37,41-42,64,75,91H,7-10,13-21,23-24,55,57H2,1-4H3,(H2,56,76)(H,65,81)(H,66,87)(H,67,86)(H,68,84)(H,69,85)(H,70,80)(H,71,82)(H,72,88)(H,73,83)(H,74,77)(H,78,79)(H,89,90)(H4,58,59,62)(H4,60,61,63)/t26-,27+,31-,32-,33-,34-,35-,36-,37-,41-,42-/m0/s1. The zero-order valence-electron chi connectivity index (χ0n) is 51.0. The first kappa shape index (κ1) is 77.7. The van der Waals surface area contributed by atoms with E-state index < -0.39 is 169 Å². The number of nitrogens with zero attached hydrogens (tertiary/aromatic N) is 2. The van der Waals surface area contributed by atoms with Crippen LogP contribution in [-0.2, 0) is 68.7 Å². The smallest absolute Gasteiger partial charge is 0.326 e. The maximum absolute atomic E-state index is 14.5. The van der Waals surface area contributed by atoms with Crippen molar-refractivity contribution in [3.63, 3.8) is 0 Å². The number of H-pyrrole nitrogens is 1. The molecule has 1 heterocycles. The van der Waals surface area contributed by atoms with Crippen LogP contribution in [0.5, 0.6) is 0 Å². The Labute approximate surface area is 528 Å². The zero-order valence-corrected chi connectivity index (χ0v) is 51.8. The van der Waals surface area contributed by atoms with Gasteiger partial charge in [-0.15, -0.1) is 0 Å². The van der Waals surface area contributed by atoms with Gasteiger partial charge in [-0.25, -0.2) is 4.79 Å². The number of amides is 11. The molecule has 0 aliphatic rings. The van der Waals surface area contributed by atoms with Gasteiger partial charge in [0.05, 0.1) is 31.5 Å². The number of nitrogens with two attached hydrogens (primary N) is 7. The molecule has 0 saturated heterocycles. The number of aliphatic hydroxyl groups excluding tert-OH is 1. The second-order valence-corrected chi connectivity index (χ2v) is 21.8. The normalized spacial score (nSPS) is 14.6. The van der Waals surface area contributed by atoms with Gasteiger partial charge in [0.15, 0.2) is 11.9 Å². The van der Waals surface area contributed by atoms with Crippen LogP contribution < -0.4 is 93.3 Å². The van der Waals surface area contributed by atoms with Crippen molar-refractivity contribution in [2.45, 2.75) is 158 Å². The first-order valence-corrected chi connectivity index (χ1v) is 29.6. The number of aromatic amines is 1. The van der Waals surface area contributed by atoms with E-state index in [4.69, 9.17) is 45.2 Å². The van der Waals surface area contributed by atoms with Crippen LogP contribution in [0.25, 0.3) is 10.9 Å². The molecule has 1 aromatic carbocycles. The Morgan fingerprint density at radius 2 is 1.04 bits per heavy atom. The molecule has 0 aliphatic heterocycles. The molecule has 2 aromatic rings. The van der Waals surface area contributed by atoms with Crippen LogP contribution in [-0.4, -0.2) is 208 Å². The predicted molar refractivity (Wildman–Crippen MR) is 333 cm³/mol. The lowest BCUT2D eigenvalue weighted by Gasteiger charge is -2.27. The van der Waals surface area contributed by atoms with Gasteiger partial charge in [0, 0.05) is 42.4 Å². The number of unbranched alkanes of at least 4 members (excludes halogenated alkanes) is 1. The predicted octanol–water partition coefficient (Wildman–Crippen LogP) is -7.83. The number of hydrogen-bond acceptors (Lipinski definition) is 19. The molecule has 0 radical (unpaired) electrons. The lowest BCUT2D eigenvalue weighted by atomic mass is 10.0. The molecule has 11 atom stereocenters. The average molecular weight is 1310 g/mol. The minimum Gasteiger partial charge on any atom is -0.481 e. The lowest BCUT2D eigenvalue weighted by Crippen LogP contribution is -2.61. The molecule has 1 aromatic heterocycles. The highest BCUT2D eigenvalue weighted by Crippen LogP contribution is 2.20. The van der Waals surface area contributed by atoms with Crippen LogP contribution >= 0.6 is 12.6 Å². The number of hydrogen-bond donors (Lipinski definition) is 22. The number of aliphatic carboxylic acids is 2. The van der Waals surface area contributed by atoms with Crippen molar-refractivity contribution >= 4 is 112 Å². The SMILES string of the molecule is CC(C)[C@H](N)C(=O)N[C@@H](C)C(=O)N[C@@H](Cc1c[nH]c2ccccc12)C(=O)N[C@@H](CCCN=C(N)N)C(=O)N[C@@H](CC(N)=O)C(=O)N[C@@H](CCCN=C(N)N)C(=O)N[C@@H](CS)C(=O)N[C@@H](CCCCN)C(=O)NCC(=O)N[C@H](C(=O)N[C@@H](CC(=O)O)C(=O)O)[C@@H](C)O. The molecule has 37 heteroatoms. The number of carboxylic acids is 2. The largest absolute Gasteiger partial charge is 0.481 e. The number of fused-ring (bicyclic) bond motifs is 1. The number of thiol groups is 1. The Morgan fingerprint density at radius 1 is 0.560 bits per heavy atom. The van der Waals surface area contributed by atoms with Crippen molar-refractivity contribution in [2.75, 3.05) is 31.9 Å². The highest BCUT2D eigenvalue weighted by molar-refractivity contribution is 7.80. The van der Waals surface area contributed by atoms with E-state index in [1.807, 2.05) is 5.32 Å². The fourth-order valence-corrected chi connectivity index (χ4v) is 8.79. The van der Waals surface area contributed by atoms with E-state index in [9.17, 15) is 72.5 Å². The van der Waals surface area contributed by atoms with E-state index in [1.54, 1.807) is 44.3 Å². The van der Waals surface area contributed by atoms with Crippen molar-refractivity contribution in [3.05, 3.63) is 36.0 Å². The van der Waals surface area contributed by atoms with Gasteiger partial charge in [-0.3, -0.25) is 67.5 Å². The molecule has 0 aliphatic carbocycles. The summed E-state index contributed by atoms with van der Waals surface area (Å²) >= 11 is 4.22. The molecule has 0 unspecified atom stereocenters. The van der Waals surface area contributed by atoms with Gasteiger partial charge in [0.25, 0.3) is 0 Å². The van der Waals surface area contributed by atoms with Crippen molar-refractivity contribution in [1.29, 1.82) is 0 Å². The van der Waals surface area contributed by atoms with Crippen molar-refractivity contribution in [1.82, 2.24) is 58.2 Å². The van der Waals surface area contributed by atoms with Gasteiger partial charge in [0.2, 0.25) is 65.0 Å². The van der Waals surface area contributed by atoms with Gasteiger partial charge in [-0.1, -0.05) is 32.0 Å². The summed E-state index contributed by atoms with van der Waals surface area (Å²) in [6, 6.07) is -8.29. The van der Waals surface area contributed by atoms with Crippen molar-refractivity contribution in [3.8, 4) is 0 Å². The Balaban J connectivity index is 2.47. The number of aliphatic imine (C=N–C) groups is 2. The minimum atomic E-state index is -1.93. The number of aromatic nitrogens is 1. The van der Waals surface area contributed by atoms with E-state index in [0.29, 0.717) is 22.9 Å². The van der Waals surface area contributed by atoms with Crippen LogP contribution in [0.2, 0.25) is 0 Å². The quantitative estimate of drug-likeness (QED) is 0.0127. The fourth-order valence-electron chi connectivity index (χ4n) is 8.53. The number of guanidine groups is 2. The second kappa shape index (κ2) is 39.6. The molecule has 0 bridgehead atoms. The molecule has 0 fully saturated rings. The number of rotatable bonds is 42. The Kier molecular flexibility index (Phi) is 33.8. The molecule has 506 valence electrons. The topological polar surface area (TPSA) is 626 Å². The summed E-state index contributed by atoms with van der Waals surface area (Å²) in [5.41, 5.74) is 40.6. The van der Waals surface area contributed by atoms with Gasteiger partial charge >= 0.3 is 11.9 Å². The Bertz CT molecular complexity index is 2920. The van der Waals surface area contributed by atoms with E-state index >= 15 is 0 Å². The third kappa shape index (κ3) is 28.3. The summed E-state index contributed by atoms with van der Waals surface area (Å²) in [4.78, 5) is 183. The van der Waals surface area contributed by atoms with Gasteiger partial charge in [0.1, 0.15) is 54.4 Å². The van der Waals surface area contributed by atoms with Crippen LogP contribution in [0.4, 0.5) is 0 Å². The van der Waals surface area contributed by atoms with E-state index in [2.05, 4.69) is 75.4 Å². The van der Waals surface area contributed by atoms with Gasteiger partial charge in [-0.05, 0) is 82.9 Å². The zero-order chi connectivity index (χ0) is 68.7. The number of carbonyl (C=O) groups excluding carboxylic acids is 11. The van der Waals surface area contributed by atoms with Gasteiger partial charge in [-0.2, -0.15) is 12.6 Å². The summed E-state index contributed by atoms with van der Waals surface area (Å²) in [5.74, 6) is -15.7. The number of nitrogens with one attached hydrogen (secondary N) is 11. The average Bonchev–Trinajstić information content (AvgIpc) is 2.18. The summed E-state index contributed by atoms with van der Waals surface area (Å²) in [6.07, 6.45) is -2.06. The monoisotopic (exact) mass is 1300 g/mol. The molecular formula is C54H88N20O16S. The van der Waals surface area contributed by atoms with Crippen LogP contribution in [0, 0.1) is 5.92 Å². The molecule has 0 saturated carbocycles. The maximum Gasteiger partial charge on any atom is 0.326 e. The van der Waals surface area contributed by atoms with Crippen molar-refractivity contribution < 1.29 is 77.6 Å². The number of carbonyl (C=O) groups is 13. The second-order valence-electron chi connectivity index (χ2n) is 21.5. The number of benzene rings is 1. The van der Waals surface area contributed by atoms with Crippen LogP contribution in [0.1, 0.15) is 91.0 Å². The van der Waals surface area contributed by atoms with Crippen molar-refractivity contribution in [2.24, 2.45) is 56.0 Å². The summed E-state index contributed by atoms with van der Waals surface area (Å²) in [5, 5.41) is 53.1. The number of primary amides is 1. The number of carboxylic acid groups (broad SMARTS) is 2. The van der Waals surface area contributed by atoms with E-state index in [1.165, 1.54) is 6.92 Å². The highest BCUT2D eigenvalue weighted by Gasteiger charge is 2.36. The Morgan fingerprint density at radius 3 is 1.55 bits per heavy atom. The molecule has 2 rings (SSSR count). The van der Waals surface area contributed by atoms with Crippen LogP contribution in [0.15, 0.2) is 40.4 Å². The van der Waals surface area contributed by atoms with Crippen LogP contribution in [0.3, 0.4) is 0 Å². The summed E-state index contributed by atoms with van der Waals surface area (Å²) < 4.78 is 0. The number of aliphatic hydroxyl groups is 1. The lowest BCUT2D eigenvalue weighted by molar-refractivity contribution is -0.147. The maximum atomic E-state index is 14.5. The fraction of sp³-hybridized carbons (Fsp3) is 0.574. The minimum absolute atomic E-state index is 0.00911. The molecular weight excluding hydrogens is 1220 g/mol. The first-order chi connectivity index (χ1) is 42.8. The molecule has 36 nitrogen and oxygen atoms in total. The third-order valence-corrected chi connectivity index (χ3v) is 14.0. The van der Waals surface area contributed by atoms with E-state index in [0.717, 1.165) is 6.92 Å².